The van der Waals surface area contributed by atoms with Gasteiger partial charge in [0, 0.05) is 16.3 Å². The molecule has 4 heteroatoms. The Balaban J connectivity index is 1.84. The van der Waals surface area contributed by atoms with E-state index in [1.54, 1.807) is 0 Å². The van der Waals surface area contributed by atoms with Gasteiger partial charge in [-0.05, 0) is 37.6 Å². The van der Waals surface area contributed by atoms with Crippen LogP contribution in [0.2, 0.25) is 0 Å². The highest BCUT2D eigenvalue weighted by Crippen LogP contribution is 2.39. The summed E-state index contributed by atoms with van der Waals surface area (Å²) in [6.45, 7) is 3.91. The molecule has 0 spiro atoms. The largest absolute Gasteiger partial charge is 0.357 e. The molecule has 1 aliphatic rings. The number of anilines is 2. The highest BCUT2D eigenvalue weighted by Gasteiger charge is 2.21. The highest BCUT2D eigenvalue weighted by molar-refractivity contribution is 8.04. The van der Waals surface area contributed by atoms with Crippen molar-refractivity contribution in [2.24, 2.45) is 0 Å². The monoisotopic (exact) mass is 296 g/mol. The van der Waals surface area contributed by atoms with Crippen molar-refractivity contribution in [2.75, 3.05) is 10.6 Å². The molecular formula is C17H16N2OS. The molecule has 0 saturated carbocycles. The van der Waals surface area contributed by atoms with Crippen LogP contribution in [0, 0.1) is 6.92 Å². The second-order valence-electron chi connectivity index (χ2n) is 4.95. The lowest BCUT2D eigenvalue weighted by Gasteiger charge is -2.21. The first-order chi connectivity index (χ1) is 10.1. The van der Waals surface area contributed by atoms with Crippen LogP contribution in [0.1, 0.15) is 12.5 Å². The topological polar surface area (TPSA) is 41.1 Å². The third-order valence-electron chi connectivity index (χ3n) is 3.36. The van der Waals surface area contributed by atoms with Gasteiger partial charge < -0.3 is 10.6 Å². The van der Waals surface area contributed by atoms with Gasteiger partial charge in [-0.1, -0.05) is 42.1 Å². The number of nitrogens with one attached hydrogen (secondary N) is 2. The molecule has 2 aromatic carbocycles. The number of aryl methyl sites for hydroxylation is 1. The quantitative estimate of drug-likeness (QED) is 0.864. The maximum atomic E-state index is 12.5. The van der Waals surface area contributed by atoms with Crippen LogP contribution in [0.4, 0.5) is 11.4 Å². The molecule has 3 rings (SSSR count). The lowest BCUT2D eigenvalue weighted by atomic mass is 10.2. The average molecular weight is 296 g/mol. The summed E-state index contributed by atoms with van der Waals surface area (Å²) >= 11 is 1.50. The first kappa shape index (κ1) is 13.8. The standard InChI is InChI=1S/C17H16N2OS/c1-11-7-3-4-8-13(11)19-17(20)16-12(2)18-14-9-5-6-10-15(14)21-16/h3-10,18H,1-2H3,(H,19,20). The number of fused-ring (bicyclic) bond motifs is 1. The Morgan fingerprint density at radius 2 is 1.76 bits per heavy atom. The predicted molar refractivity (Wildman–Crippen MR) is 88.4 cm³/mol. The number of rotatable bonds is 2. The van der Waals surface area contributed by atoms with E-state index in [1.165, 1.54) is 11.8 Å². The van der Waals surface area contributed by atoms with Crippen LogP contribution in [0.5, 0.6) is 0 Å². The summed E-state index contributed by atoms with van der Waals surface area (Å²) in [6, 6.07) is 15.8. The maximum Gasteiger partial charge on any atom is 0.264 e. The van der Waals surface area contributed by atoms with Gasteiger partial charge in [0.1, 0.15) is 0 Å². The predicted octanol–water partition coefficient (Wildman–Crippen LogP) is 4.38. The Bertz CT molecular complexity index is 737. The van der Waals surface area contributed by atoms with Crippen molar-refractivity contribution in [3.05, 3.63) is 64.7 Å². The van der Waals surface area contributed by atoms with Gasteiger partial charge in [-0.15, -0.1) is 0 Å². The molecule has 0 aromatic heterocycles. The molecule has 21 heavy (non-hydrogen) atoms. The molecule has 1 amide bonds. The Hall–Kier alpha value is -2.20. The van der Waals surface area contributed by atoms with Crippen molar-refractivity contribution in [1.82, 2.24) is 0 Å². The summed E-state index contributed by atoms with van der Waals surface area (Å²) < 4.78 is 0. The van der Waals surface area contributed by atoms with Crippen LogP contribution in [-0.4, -0.2) is 5.91 Å². The van der Waals surface area contributed by atoms with Gasteiger partial charge in [-0.25, -0.2) is 0 Å². The van der Waals surface area contributed by atoms with E-state index in [4.69, 9.17) is 0 Å². The third-order valence-corrected chi connectivity index (χ3v) is 4.63. The van der Waals surface area contributed by atoms with E-state index in [2.05, 4.69) is 10.6 Å². The Morgan fingerprint density at radius 3 is 2.57 bits per heavy atom. The van der Waals surface area contributed by atoms with Crippen LogP contribution in [-0.2, 0) is 4.79 Å². The number of amides is 1. The smallest absolute Gasteiger partial charge is 0.264 e. The van der Waals surface area contributed by atoms with E-state index in [9.17, 15) is 4.79 Å². The van der Waals surface area contributed by atoms with Crippen molar-refractivity contribution >= 4 is 29.0 Å². The van der Waals surface area contributed by atoms with Gasteiger partial charge in [0.2, 0.25) is 0 Å². The van der Waals surface area contributed by atoms with E-state index >= 15 is 0 Å². The molecule has 3 nitrogen and oxygen atoms in total. The number of carbonyl (C=O) groups is 1. The highest BCUT2D eigenvalue weighted by atomic mass is 32.2. The van der Waals surface area contributed by atoms with Crippen LogP contribution < -0.4 is 10.6 Å². The maximum absolute atomic E-state index is 12.5. The molecule has 106 valence electrons. The summed E-state index contributed by atoms with van der Waals surface area (Å²) in [5, 5.41) is 6.27. The number of thioether (sulfide) groups is 1. The molecule has 0 fully saturated rings. The number of carbonyl (C=O) groups excluding carboxylic acids is 1. The summed E-state index contributed by atoms with van der Waals surface area (Å²) in [6.07, 6.45) is 0. The lowest BCUT2D eigenvalue weighted by Crippen LogP contribution is -2.18. The number of benzene rings is 2. The molecule has 1 heterocycles. The van der Waals surface area contributed by atoms with Gasteiger partial charge in [0.15, 0.2) is 0 Å². The first-order valence-corrected chi connectivity index (χ1v) is 7.58. The minimum Gasteiger partial charge on any atom is -0.357 e. The lowest BCUT2D eigenvalue weighted by molar-refractivity contribution is -0.112. The Kier molecular flexibility index (Phi) is 3.71. The molecular weight excluding hydrogens is 280 g/mol. The fourth-order valence-corrected chi connectivity index (χ4v) is 3.16. The summed E-state index contributed by atoms with van der Waals surface area (Å²) in [5.74, 6) is -0.0752. The molecule has 0 saturated heterocycles. The zero-order valence-electron chi connectivity index (χ0n) is 11.9. The van der Waals surface area contributed by atoms with Crippen LogP contribution >= 0.6 is 11.8 Å². The van der Waals surface area contributed by atoms with E-state index < -0.39 is 0 Å². The molecule has 2 N–H and O–H groups in total. The molecule has 0 aliphatic carbocycles. The summed E-state index contributed by atoms with van der Waals surface area (Å²) in [4.78, 5) is 14.3. The minimum absolute atomic E-state index is 0.0752. The first-order valence-electron chi connectivity index (χ1n) is 6.77. The van der Waals surface area contributed by atoms with Gasteiger partial charge >= 0.3 is 0 Å². The molecule has 0 radical (unpaired) electrons. The zero-order valence-corrected chi connectivity index (χ0v) is 12.8. The molecule has 1 aliphatic heterocycles. The van der Waals surface area contributed by atoms with E-state index in [-0.39, 0.29) is 5.91 Å². The summed E-state index contributed by atoms with van der Waals surface area (Å²) in [5.41, 5.74) is 3.83. The molecule has 0 bridgehead atoms. The number of para-hydroxylation sites is 2. The third kappa shape index (κ3) is 2.81. The summed E-state index contributed by atoms with van der Waals surface area (Å²) in [7, 11) is 0. The number of hydrogen-bond acceptors (Lipinski definition) is 3. The number of allylic oxidation sites excluding steroid dienone is 1. The van der Waals surface area contributed by atoms with Crippen LogP contribution in [0.25, 0.3) is 0 Å². The van der Waals surface area contributed by atoms with Crippen molar-refractivity contribution in [3.8, 4) is 0 Å². The average Bonchev–Trinajstić information content (AvgIpc) is 2.49. The van der Waals surface area contributed by atoms with Crippen LogP contribution in [0.3, 0.4) is 0 Å². The normalized spacial score (nSPS) is 13.4. The second kappa shape index (κ2) is 5.66. The number of hydrogen-bond donors (Lipinski definition) is 2. The van der Waals surface area contributed by atoms with Crippen molar-refractivity contribution in [1.29, 1.82) is 0 Å². The van der Waals surface area contributed by atoms with E-state index in [0.717, 1.165) is 27.5 Å². The Morgan fingerprint density at radius 1 is 1.05 bits per heavy atom. The van der Waals surface area contributed by atoms with Gasteiger partial charge in [-0.3, -0.25) is 4.79 Å². The Labute approximate surface area is 128 Å². The van der Waals surface area contributed by atoms with Gasteiger partial charge in [0.05, 0.1) is 10.6 Å². The second-order valence-corrected chi connectivity index (χ2v) is 6.00. The fourth-order valence-electron chi connectivity index (χ4n) is 2.21. The van der Waals surface area contributed by atoms with Gasteiger partial charge in [0.25, 0.3) is 5.91 Å². The molecule has 2 aromatic rings. The van der Waals surface area contributed by atoms with E-state index in [1.807, 2.05) is 62.4 Å². The van der Waals surface area contributed by atoms with Gasteiger partial charge in [-0.2, -0.15) is 0 Å². The minimum atomic E-state index is -0.0752. The van der Waals surface area contributed by atoms with Crippen molar-refractivity contribution in [3.63, 3.8) is 0 Å². The van der Waals surface area contributed by atoms with Crippen molar-refractivity contribution in [2.45, 2.75) is 18.7 Å². The fraction of sp³-hybridized carbons (Fsp3) is 0.118. The van der Waals surface area contributed by atoms with Crippen molar-refractivity contribution < 1.29 is 4.79 Å². The molecule has 0 unspecified atom stereocenters. The zero-order chi connectivity index (χ0) is 14.8. The SMILES string of the molecule is CC1=C(C(=O)Nc2ccccc2C)Sc2ccccc2N1. The molecule has 0 atom stereocenters. The van der Waals surface area contributed by atoms with E-state index in [0.29, 0.717) is 4.91 Å². The van der Waals surface area contributed by atoms with Crippen LogP contribution in [0.15, 0.2) is 64.0 Å².